The van der Waals surface area contributed by atoms with Gasteiger partial charge in [-0.05, 0) is 43.2 Å². The van der Waals surface area contributed by atoms with Gasteiger partial charge in [0, 0.05) is 35.8 Å². The van der Waals surface area contributed by atoms with Crippen LogP contribution >= 0.6 is 11.8 Å². The zero-order chi connectivity index (χ0) is 20.8. The van der Waals surface area contributed by atoms with Crippen LogP contribution in [0.1, 0.15) is 41.6 Å². The van der Waals surface area contributed by atoms with Gasteiger partial charge in [-0.2, -0.15) is 0 Å². The molecule has 30 heavy (non-hydrogen) atoms. The van der Waals surface area contributed by atoms with Gasteiger partial charge in [0.2, 0.25) is 5.88 Å². The standard InChI is InChI=1S/C23H22FN3O2S/c24-17-7-3-8-18(14-17)29-22-16(6-4-12-25-22)15-27-21(28)20-11-5-13-26-23(20)30-19-9-1-2-10-19/h3-8,11-14,19H,1-2,9-10,15H2,(H,27,28). The van der Waals surface area contributed by atoms with Gasteiger partial charge in [-0.15, -0.1) is 11.8 Å². The third kappa shape index (κ3) is 5.16. The van der Waals surface area contributed by atoms with E-state index in [2.05, 4.69) is 15.3 Å². The molecule has 154 valence electrons. The Bertz CT molecular complexity index is 1020. The molecule has 5 nitrogen and oxygen atoms in total. The van der Waals surface area contributed by atoms with Gasteiger partial charge in [-0.1, -0.05) is 25.0 Å². The van der Waals surface area contributed by atoms with Crippen LogP contribution in [-0.2, 0) is 6.54 Å². The molecule has 0 unspecified atom stereocenters. The summed E-state index contributed by atoms with van der Waals surface area (Å²) in [6.07, 6.45) is 8.12. The number of thioether (sulfide) groups is 1. The molecule has 1 aliphatic carbocycles. The van der Waals surface area contributed by atoms with E-state index in [1.807, 2.05) is 6.07 Å². The molecule has 0 bridgehead atoms. The molecule has 1 N–H and O–H groups in total. The summed E-state index contributed by atoms with van der Waals surface area (Å²) in [7, 11) is 0. The quantitative estimate of drug-likeness (QED) is 0.553. The second-order valence-corrected chi connectivity index (χ2v) is 8.38. The molecule has 0 aliphatic heterocycles. The first-order chi connectivity index (χ1) is 14.7. The molecule has 1 saturated carbocycles. The third-order valence-electron chi connectivity index (χ3n) is 4.90. The largest absolute Gasteiger partial charge is 0.439 e. The fourth-order valence-corrected chi connectivity index (χ4v) is 4.68. The number of rotatable bonds is 7. The van der Waals surface area contributed by atoms with Crippen LogP contribution in [0.2, 0.25) is 0 Å². The Labute approximate surface area is 179 Å². The topological polar surface area (TPSA) is 64.1 Å². The van der Waals surface area contributed by atoms with Crippen molar-refractivity contribution in [1.29, 1.82) is 0 Å². The maximum Gasteiger partial charge on any atom is 0.254 e. The second kappa shape index (κ2) is 9.71. The minimum atomic E-state index is -0.387. The van der Waals surface area contributed by atoms with Crippen molar-refractivity contribution in [3.05, 3.63) is 77.9 Å². The number of ether oxygens (including phenoxy) is 1. The van der Waals surface area contributed by atoms with Crippen molar-refractivity contribution in [2.24, 2.45) is 0 Å². The highest BCUT2D eigenvalue weighted by Gasteiger charge is 2.21. The van der Waals surface area contributed by atoms with Gasteiger partial charge >= 0.3 is 0 Å². The predicted molar refractivity (Wildman–Crippen MR) is 114 cm³/mol. The van der Waals surface area contributed by atoms with Gasteiger partial charge < -0.3 is 10.1 Å². The molecule has 0 atom stereocenters. The number of hydrogen-bond acceptors (Lipinski definition) is 5. The van der Waals surface area contributed by atoms with Crippen molar-refractivity contribution in [2.45, 2.75) is 42.5 Å². The van der Waals surface area contributed by atoms with Gasteiger partial charge in [0.15, 0.2) is 0 Å². The maximum absolute atomic E-state index is 13.4. The highest BCUT2D eigenvalue weighted by atomic mass is 32.2. The number of aromatic nitrogens is 2. The molecule has 0 spiro atoms. The van der Waals surface area contributed by atoms with Crippen LogP contribution in [0.15, 0.2) is 66.0 Å². The number of amides is 1. The maximum atomic E-state index is 13.4. The number of nitrogens with one attached hydrogen (secondary N) is 1. The molecule has 2 heterocycles. The smallest absolute Gasteiger partial charge is 0.254 e. The van der Waals surface area contributed by atoms with E-state index in [4.69, 9.17) is 4.74 Å². The lowest BCUT2D eigenvalue weighted by atomic mass is 10.2. The number of benzene rings is 1. The minimum Gasteiger partial charge on any atom is -0.439 e. The summed E-state index contributed by atoms with van der Waals surface area (Å²) in [5.41, 5.74) is 1.27. The zero-order valence-electron chi connectivity index (χ0n) is 16.4. The van der Waals surface area contributed by atoms with E-state index < -0.39 is 0 Å². The lowest BCUT2D eigenvalue weighted by molar-refractivity contribution is 0.0947. The molecule has 1 aliphatic rings. The number of carbonyl (C=O) groups is 1. The van der Waals surface area contributed by atoms with E-state index in [1.165, 1.54) is 37.8 Å². The molecular weight excluding hydrogens is 401 g/mol. The van der Waals surface area contributed by atoms with Crippen molar-refractivity contribution in [3.8, 4) is 11.6 Å². The van der Waals surface area contributed by atoms with Gasteiger partial charge in [-0.3, -0.25) is 4.79 Å². The molecular formula is C23H22FN3O2S. The molecule has 1 aromatic carbocycles. The Morgan fingerprint density at radius 2 is 1.90 bits per heavy atom. The van der Waals surface area contributed by atoms with Crippen molar-refractivity contribution in [1.82, 2.24) is 15.3 Å². The monoisotopic (exact) mass is 423 g/mol. The normalized spacial score (nSPS) is 13.9. The predicted octanol–water partition coefficient (Wildman–Crippen LogP) is 5.37. The number of carbonyl (C=O) groups excluding carboxylic acids is 1. The summed E-state index contributed by atoms with van der Waals surface area (Å²) >= 11 is 1.69. The Hall–Kier alpha value is -2.93. The Kier molecular flexibility index (Phi) is 6.59. The van der Waals surface area contributed by atoms with Crippen LogP contribution < -0.4 is 10.1 Å². The molecule has 0 saturated heterocycles. The van der Waals surface area contributed by atoms with Crippen molar-refractivity contribution < 1.29 is 13.9 Å². The van der Waals surface area contributed by atoms with E-state index in [-0.39, 0.29) is 18.3 Å². The number of nitrogens with zero attached hydrogens (tertiary/aromatic N) is 2. The Morgan fingerprint density at radius 3 is 2.73 bits per heavy atom. The van der Waals surface area contributed by atoms with Crippen LogP contribution in [0.5, 0.6) is 11.6 Å². The summed E-state index contributed by atoms with van der Waals surface area (Å²) in [5.74, 6) is 0.102. The van der Waals surface area contributed by atoms with E-state index >= 15 is 0 Å². The Balaban J connectivity index is 1.45. The van der Waals surface area contributed by atoms with E-state index in [1.54, 1.807) is 54.5 Å². The lowest BCUT2D eigenvalue weighted by Gasteiger charge is -2.13. The van der Waals surface area contributed by atoms with Crippen LogP contribution in [-0.4, -0.2) is 21.1 Å². The molecule has 1 amide bonds. The zero-order valence-corrected chi connectivity index (χ0v) is 17.2. The van der Waals surface area contributed by atoms with Crippen LogP contribution in [0.25, 0.3) is 0 Å². The number of hydrogen-bond donors (Lipinski definition) is 1. The summed E-state index contributed by atoms with van der Waals surface area (Å²) in [6, 6.07) is 13.0. The second-order valence-electron chi connectivity index (χ2n) is 7.09. The van der Waals surface area contributed by atoms with Crippen molar-refractivity contribution in [2.75, 3.05) is 0 Å². The molecule has 4 rings (SSSR count). The third-order valence-corrected chi connectivity index (χ3v) is 6.25. The van der Waals surface area contributed by atoms with Crippen LogP contribution in [0.3, 0.4) is 0 Å². The number of pyridine rings is 2. The summed E-state index contributed by atoms with van der Waals surface area (Å²) in [6.45, 7) is 0.236. The first-order valence-corrected chi connectivity index (χ1v) is 10.8. The van der Waals surface area contributed by atoms with Crippen LogP contribution in [0.4, 0.5) is 4.39 Å². The molecule has 0 radical (unpaired) electrons. The molecule has 7 heteroatoms. The van der Waals surface area contributed by atoms with Gasteiger partial charge in [0.25, 0.3) is 5.91 Å². The fourth-order valence-electron chi connectivity index (χ4n) is 3.39. The van der Waals surface area contributed by atoms with Gasteiger partial charge in [0.1, 0.15) is 16.6 Å². The van der Waals surface area contributed by atoms with Crippen molar-refractivity contribution >= 4 is 17.7 Å². The average Bonchev–Trinajstić information content (AvgIpc) is 3.26. The molecule has 1 fully saturated rings. The molecule has 2 aromatic heterocycles. The fraction of sp³-hybridized carbons (Fsp3) is 0.261. The first-order valence-electron chi connectivity index (χ1n) is 9.96. The lowest BCUT2D eigenvalue weighted by Crippen LogP contribution is -2.24. The number of halogens is 1. The van der Waals surface area contributed by atoms with E-state index in [0.29, 0.717) is 28.0 Å². The summed E-state index contributed by atoms with van der Waals surface area (Å²) in [4.78, 5) is 21.5. The van der Waals surface area contributed by atoms with Crippen LogP contribution in [0, 0.1) is 5.82 Å². The molecule has 3 aromatic rings. The first kappa shape index (κ1) is 20.3. The van der Waals surface area contributed by atoms with E-state index in [0.717, 1.165) is 5.03 Å². The summed E-state index contributed by atoms with van der Waals surface area (Å²) in [5, 5.41) is 4.22. The average molecular weight is 424 g/mol. The Morgan fingerprint density at radius 1 is 1.10 bits per heavy atom. The minimum absolute atomic E-state index is 0.191. The highest BCUT2D eigenvalue weighted by Crippen LogP contribution is 2.35. The van der Waals surface area contributed by atoms with E-state index in [9.17, 15) is 9.18 Å². The SMILES string of the molecule is O=C(NCc1cccnc1Oc1cccc(F)c1)c1cccnc1SC1CCCC1. The van der Waals surface area contributed by atoms with Gasteiger partial charge in [-0.25, -0.2) is 14.4 Å². The van der Waals surface area contributed by atoms with Gasteiger partial charge in [0.05, 0.1) is 5.56 Å². The highest BCUT2D eigenvalue weighted by molar-refractivity contribution is 7.99. The van der Waals surface area contributed by atoms with Crippen molar-refractivity contribution in [3.63, 3.8) is 0 Å². The summed E-state index contributed by atoms with van der Waals surface area (Å²) < 4.78 is 19.2.